The number of benzene rings is 1. The molecule has 29 heavy (non-hydrogen) atoms. The zero-order chi connectivity index (χ0) is 20.6. The van der Waals surface area contributed by atoms with Crippen LogP contribution in [-0.2, 0) is 10.9 Å². The number of nitrogens with zero attached hydrogens (tertiary/aromatic N) is 3. The van der Waals surface area contributed by atoms with Crippen LogP contribution >= 0.6 is 11.3 Å². The molecule has 4 rings (SSSR count). The molecule has 158 valence electrons. The molecule has 1 saturated heterocycles. The van der Waals surface area contributed by atoms with Crippen molar-refractivity contribution in [2.24, 2.45) is 11.8 Å². The number of methoxy groups -OCH3 is 1. The number of aryl methyl sites for hydroxylation is 1. The zero-order valence-corrected chi connectivity index (χ0v) is 16.9. The summed E-state index contributed by atoms with van der Waals surface area (Å²) in [5, 5.41) is 6.50. The van der Waals surface area contributed by atoms with E-state index in [0.717, 1.165) is 18.4 Å². The van der Waals surface area contributed by atoms with E-state index < -0.39 is 11.2 Å². The van der Waals surface area contributed by atoms with Gasteiger partial charge in [-0.25, -0.2) is 0 Å². The lowest BCUT2D eigenvalue weighted by Crippen LogP contribution is -2.47. The molecule has 2 aromatic rings. The average molecular weight is 429 g/mol. The lowest BCUT2D eigenvalue weighted by molar-refractivity contribution is -0.138. The molecule has 1 aliphatic carbocycles. The van der Waals surface area contributed by atoms with E-state index in [4.69, 9.17) is 14.2 Å². The second-order valence-electron chi connectivity index (χ2n) is 7.47. The number of alkyl halides is 3. The molecule has 1 aromatic carbocycles. The fourth-order valence-corrected chi connectivity index (χ4v) is 4.80. The third kappa shape index (κ3) is 4.28. The van der Waals surface area contributed by atoms with Crippen LogP contribution in [0, 0.1) is 18.8 Å². The molecule has 1 saturated carbocycles. The summed E-state index contributed by atoms with van der Waals surface area (Å²) in [6.07, 6.45) is -2.53. The van der Waals surface area contributed by atoms with Crippen molar-refractivity contribution in [1.29, 1.82) is 0 Å². The molecular weight excluding hydrogens is 407 g/mol. The Kier molecular flexibility index (Phi) is 5.56. The van der Waals surface area contributed by atoms with Gasteiger partial charge in [-0.1, -0.05) is 17.4 Å². The summed E-state index contributed by atoms with van der Waals surface area (Å²) in [7, 11) is 1.56. The van der Waals surface area contributed by atoms with Crippen molar-refractivity contribution in [3.63, 3.8) is 0 Å². The normalized spacial score (nSPS) is 24.0. The molecule has 0 spiro atoms. The highest BCUT2D eigenvalue weighted by molar-refractivity contribution is 7.15. The number of piperidine rings is 1. The molecule has 2 aliphatic rings. The molecular formula is C19H22F3N3O3S. The standard InChI is InChI=1S/C19H22F3N3O3S/c1-11-3-6-14(15(7-11)27-10-26-2)28-16-12-4-5-13(16)9-25(8-12)18-24-23-17(29-18)19(20,21)22/h3,6-7,12-13,16H,4-5,8-10H2,1-2H3/t12-,13+,16?. The van der Waals surface area contributed by atoms with Crippen molar-refractivity contribution in [3.05, 3.63) is 28.8 Å². The number of ether oxygens (including phenoxy) is 3. The molecule has 10 heteroatoms. The van der Waals surface area contributed by atoms with E-state index in [9.17, 15) is 13.2 Å². The van der Waals surface area contributed by atoms with Gasteiger partial charge in [-0.3, -0.25) is 0 Å². The van der Waals surface area contributed by atoms with Gasteiger partial charge in [0.05, 0.1) is 0 Å². The largest absolute Gasteiger partial charge is 0.486 e. The minimum atomic E-state index is -4.46. The molecule has 2 fully saturated rings. The quantitative estimate of drug-likeness (QED) is 0.644. The van der Waals surface area contributed by atoms with Crippen molar-refractivity contribution < 1.29 is 27.4 Å². The van der Waals surface area contributed by atoms with Crippen LogP contribution in [0.3, 0.4) is 0 Å². The zero-order valence-electron chi connectivity index (χ0n) is 16.1. The number of hydrogen-bond donors (Lipinski definition) is 0. The van der Waals surface area contributed by atoms with Crippen molar-refractivity contribution in [2.75, 3.05) is 31.9 Å². The molecule has 3 atom stereocenters. The number of halogens is 3. The molecule has 0 N–H and O–H groups in total. The predicted octanol–water partition coefficient (Wildman–Crippen LogP) is 4.14. The first kappa shape index (κ1) is 20.2. The summed E-state index contributed by atoms with van der Waals surface area (Å²) in [5.74, 6) is 1.72. The Balaban J connectivity index is 1.47. The van der Waals surface area contributed by atoms with E-state index in [-0.39, 0.29) is 24.7 Å². The van der Waals surface area contributed by atoms with Gasteiger partial charge in [0.1, 0.15) is 6.10 Å². The van der Waals surface area contributed by atoms with Gasteiger partial charge in [-0.15, -0.1) is 10.2 Å². The van der Waals surface area contributed by atoms with E-state index in [1.165, 1.54) is 0 Å². The Morgan fingerprint density at radius 3 is 2.48 bits per heavy atom. The van der Waals surface area contributed by atoms with Gasteiger partial charge >= 0.3 is 6.18 Å². The highest BCUT2D eigenvalue weighted by atomic mass is 32.1. The monoisotopic (exact) mass is 429 g/mol. The average Bonchev–Trinajstić information content (AvgIpc) is 3.25. The van der Waals surface area contributed by atoms with E-state index in [1.807, 2.05) is 30.0 Å². The van der Waals surface area contributed by atoms with Crippen molar-refractivity contribution in [3.8, 4) is 11.5 Å². The molecule has 6 nitrogen and oxygen atoms in total. The first-order valence-electron chi connectivity index (χ1n) is 9.40. The van der Waals surface area contributed by atoms with Crippen LogP contribution in [0.4, 0.5) is 18.3 Å². The number of hydrogen-bond acceptors (Lipinski definition) is 7. The summed E-state index contributed by atoms with van der Waals surface area (Å²) in [6.45, 7) is 3.31. The molecule has 0 radical (unpaired) electrons. The number of anilines is 1. The van der Waals surface area contributed by atoms with E-state index in [2.05, 4.69) is 10.2 Å². The highest BCUT2D eigenvalue weighted by Gasteiger charge is 2.45. The first-order chi connectivity index (χ1) is 13.8. The molecule has 1 unspecified atom stereocenters. The minimum Gasteiger partial charge on any atom is -0.486 e. The van der Waals surface area contributed by atoms with Crippen LogP contribution < -0.4 is 14.4 Å². The summed E-state index contributed by atoms with van der Waals surface area (Å²) in [5.41, 5.74) is 1.05. The Morgan fingerprint density at radius 2 is 1.86 bits per heavy atom. The maximum atomic E-state index is 12.8. The third-order valence-corrected chi connectivity index (χ3v) is 6.40. The molecule has 2 bridgehead atoms. The topological polar surface area (TPSA) is 56.7 Å². The van der Waals surface area contributed by atoms with Crippen LogP contribution in [-0.4, -0.2) is 43.3 Å². The smallest absolute Gasteiger partial charge is 0.445 e. The van der Waals surface area contributed by atoms with Gasteiger partial charge in [0.15, 0.2) is 18.3 Å². The first-order valence-corrected chi connectivity index (χ1v) is 10.2. The molecule has 1 aliphatic heterocycles. The summed E-state index contributed by atoms with van der Waals surface area (Å²) >= 11 is 0.601. The number of rotatable bonds is 6. The van der Waals surface area contributed by atoms with Crippen molar-refractivity contribution in [2.45, 2.75) is 32.0 Å². The van der Waals surface area contributed by atoms with Gasteiger partial charge < -0.3 is 19.1 Å². The van der Waals surface area contributed by atoms with Crippen LogP contribution in [0.5, 0.6) is 11.5 Å². The fraction of sp³-hybridized carbons (Fsp3) is 0.579. The van der Waals surface area contributed by atoms with Gasteiger partial charge in [0, 0.05) is 32.0 Å². The van der Waals surface area contributed by atoms with Crippen LogP contribution in [0.2, 0.25) is 0 Å². The van der Waals surface area contributed by atoms with Crippen molar-refractivity contribution >= 4 is 16.5 Å². The second-order valence-corrected chi connectivity index (χ2v) is 8.43. The maximum absolute atomic E-state index is 12.8. The maximum Gasteiger partial charge on any atom is 0.445 e. The summed E-state index contributed by atoms with van der Waals surface area (Å²) in [4.78, 5) is 1.91. The van der Waals surface area contributed by atoms with Crippen LogP contribution in [0.25, 0.3) is 0 Å². The summed E-state index contributed by atoms with van der Waals surface area (Å²) in [6, 6.07) is 5.77. The molecule has 1 aromatic heterocycles. The Hall–Kier alpha value is -2.07. The van der Waals surface area contributed by atoms with E-state index >= 15 is 0 Å². The minimum absolute atomic E-state index is 0.00569. The third-order valence-electron chi connectivity index (χ3n) is 5.37. The lowest BCUT2D eigenvalue weighted by atomic mass is 9.95. The second kappa shape index (κ2) is 7.98. The van der Waals surface area contributed by atoms with Crippen LogP contribution in [0.15, 0.2) is 18.2 Å². The van der Waals surface area contributed by atoms with Crippen molar-refractivity contribution in [1.82, 2.24) is 10.2 Å². The van der Waals surface area contributed by atoms with Gasteiger partial charge in [0.25, 0.3) is 0 Å². The fourth-order valence-electron chi connectivity index (χ4n) is 4.07. The Morgan fingerprint density at radius 1 is 1.14 bits per heavy atom. The molecule has 2 heterocycles. The SMILES string of the molecule is COCOc1cc(C)ccc1OC1[C@@H]2CC[C@H]1CN(c1nnc(C(F)(F)F)s1)C2. The highest BCUT2D eigenvalue weighted by Crippen LogP contribution is 2.43. The Bertz CT molecular complexity index is 847. The predicted molar refractivity (Wildman–Crippen MR) is 101 cm³/mol. The van der Waals surface area contributed by atoms with Gasteiger partial charge in [-0.2, -0.15) is 13.2 Å². The van der Waals surface area contributed by atoms with Crippen LogP contribution in [0.1, 0.15) is 23.4 Å². The van der Waals surface area contributed by atoms with E-state index in [1.54, 1.807) is 7.11 Å². The van der Waals surface area contributed by atoms with Gasteiger partial charge in [-0.05, 0) is 37.5 Å². The summed E-state index contributed by atoms with van der Waals surface area (Å²) < 4.78 is 55.5. The van der Waals surface area contributed by atoms with Gasteiger partial charge in [0.2, 0.25) is 10.1 Å². The number of aromatic nitrogens is 2. The van der Waals surface area contributed by atoms with E-state index in [0.29, 0.717) is 41.1 Å². The lowest BCUT2D eigenvalue weighted by Gasteiger charge is -2.37. The molecule has 0 amide bonds. The Labute approximate surface area is 170 Å². The number of fused-ring (bicyclic) bond motifs is 2.